The number of aromatic nitrogens is 2. The van der Waals surface area contributed by atoms with Gasteiger partial charge in [-0.1, -0.05) is 0 Å². The fourth-order valence-electron chi connectivity index (χ4n) is 3.16. The van der Waals surface area contributed by atoms with Crippen LogP contribution in [0.3, 0.4) is 0 Å². The lowest BCUT2D eigenvalue weighted by Gasteiger charge is -2.26. The highest BCUT2D eigenvalue weighted by molar-refractivity contribution is 5.06. The van der Waals surface area contributed by atoms with Crippen LogP contribution in [0.25, 0.3) is 0 Å². The lowest BCUT2D eigenvalue weighted by atomic mass is 10.00. The van der Waals surface area contributed by atoms with Crippen LogP contribution in [-0.2, 0) is 4.74 Å². The van der Waals surface area contributed by atoms with Crippen molar-refractivity contribution in [1.82, 2.24) is 14.9 Å². The van der Waals surface area contributed by atoms with Crippen molar-refractivity contribution in [1.29, 1.82) is 0 Å². The van der Waals surface area contributed by atoms with Crippen molar-refractivity contribution in [2.45, 2.75) is 32.1 Å². The summed E-state index contributed by atoms with van der Waals surface area (Å²) in [5.41, 5.74) is 1.17. The quantitative estimate of drug-likeness (QED) is 0.890. The topological polar surface area (TPSA) is 41.2 Å². The number of H-pyrrole nitrogens is 1. The molecule has 2 aliphatic rings. The first-order valence-corrected chi connectivity index (χ1v) is 7.13. The van der Waals surface area contributed by atoms with Crippen molar-refractivity contribution in [3.63, 3.8) is 0 Å². The molecule has 2 saturated heterocycles. The van der Waals surface area contributed by atoms with Crippen molar-refractivity contribution in [3.8, 4) is 0 Å². The zero-order valence-electron chi connectivity index (χ0n) is 11.2. The average Bonchev–Trinajstić information content (AvgIpc) is 2.99. The fraction of sp³-hybridized carbons (Fsp3) is 0.786. The van der Waals surface area contributed by atoms with E-state index < -0.39 is 0 Å². The monoisotopic (exact) mass is 249 g/mol. The van der Waals surface area contributed by atoms with E-state index in [1.807, 2.05) is 6.20 Å². The molecule has 0 aliphatic carbocycles. The summed E-state index contributed by atoms with van der Waals surface area (Å²) in [7, 11) is 0. The predicted molar refractivity (Wildman–Crippen MR) is 70.7 cm³/mol. The molecule has 3 heterocycles. The van der Waals surface area contributed by atoms with Gasteiger partial charge in [0, 0.05) is 44.1 Å². The molecule has 0 radical (unpaired) electrons. The largest absolute Gasteiger partial charge is 0.381 e. The maximum absolute atomic E-state index is 5.42. The Kier molecular flexibility index (Phi) is 3.66. The Bertz CT molecular complexity index is 384. The first-order valence-electron chi connectivity index (χ1n) is 7.13. The molecule has 2 aliphatic heterocycles. The number of hydrogen-bond donors (Lipinski definition) is 1. The van der Waals surface area contributed by atoms with Crippen LogP contribution in [0.15, 0.2) is 6.20 Å². The maximum Gasteiger partial charge on any atom is 0.110 e. The van der Waals surface area contributed by atoms with Gasteiger partial charge in [-0.3, -0.25) is 0 Å². The second-order valence-corrected chi connectivity index (χ2v) is 5.75. The van der Waals surface area contributed by atoms with Crippen molar-refractivity contribution >= 4 is 0 Å². The van der Waals surface area contributed by atoms with Crippen LogP contribution in [0.5, 0.6) is 0 Å². The van der Waals surface area contributed by atoms with Gasteiger partial charge in [-0.25, -0.2) is 4.98 Å². The van der Waals surface area contributed by atoms with E-state index in [1.165, 1.54) is 50.4 Å². The first kappa shape index (κ1) is 12.2. The number of aromatic amines is 1. The Hall–Kier alpha value is -0.870. The highest BCUT2D eigenvalue weighted by Crippen LogP contribution is 2.27. The van der Waals surface area contributed by atoms with Crippen LogP contribution >= 0.6 is 0 Å². The molecular weight excluding hydrogens is 226 g/mol. The number of aryl methyl sites for hydroxylation is 1. The molecule has 0 aromatic carbocycles. The molecule has 0 spiro atoms. The minimum Gasteiger partial charge on any atom is -0.381 e. The fourth-order valence-corrected chi connectivity index (χ4v) is 3.16. The van der Waals surface area contributed by atoms with Gasteiger partial charge in [0.05, 0.1) is 0 Å². The van der Waals surface area contributed by atoms with Gasteiger partial charge in [0.1, 0.15) is 5.82 Å². The molecule has 3 rings (SSSR count). The number of nitrogens with zero attached hydrogens (tertiary/aromatic N) is 2. The molecule has 0 saturated carbocycles. The molecule has 1 unspecified atom stereocenters. The minimum atomic E-state index is 0.610. The Morgan fingerprint density at radius 1 is 1.39 bits per heavy atom. The highest BCUT2D eigenvalue weighted by atomic mass is 16.5. The van der Waals surface area contributed by atoms with E-state index in [9.17, 15) is 0 Å². The molecule has 1 aromatic heterocycles. The van der Waals surface area contributed by atoms with Gasteiger partial charge in [-0.15, -0.1) is 0 Å². The second-order valence-electron chi connectivity index (χ2n) is 5.75. The molecule has 0 bridgehead atoms. The smallest absolute Gasteiger partial charge is 0.110 e. The van der Waals surface area contributed by atoms with E-state index in [-0.39, 0.29) is 0 Å². The molecule has 100 valence electrons. The summed E-state index contributed by atoms with van der Waals surface area (Å²) in [5.74, 6) is 2.64. The van der Waals surface area contributed by atoms with E-state index in [0.29, 0.717) is 5.92 Å². The van der Waals surface area contributed by atoms with Crippen molar-refractivity contribution in [2.24, 2.45) is 5.92 Å². The molecule has 1 N–H and O–H groups in total. The summed E-state index contributed by atoms with van der Waals surface area (Å²) in [5, 5.41) is 0. The average molecular weight is 249 g/mol. The van der Waals surface area contributed by atoms with E-state index in [0.717, 1.165) is 19.1 Å². The summed E-state index contributed by atoms with van der Waals surface area (Å²) in [6.07, 6.45) is 5.66. The first-order chi connectivity index (χ1) is 8.81. The second kappa shape index (κ2) is 5.41. The van der Waals surface area contributed by atoms with Gasteiger partial charge in [0.25, 0.3) is 0 Å². The number of imidazole rings is 1. The van der Waals surface area contributed by atoms with E-state index in [4.69, 9.17) is 4.74 Å². The van der Waals surface area contributed by atoms with Crippen LogP contribution in [0.1, 0.15) is 36.7 Å². The zero-order valence-corrected chi connectivity index (χ0v) is 11.2. The van der Waals surface area contributed by atoms with E-state index in [1.54, 1.807) is 0 Å². The Morgan fingerprint density at radius 2 is 2.22 bits per heavy atom. The Labute approximate surface area is 109 Å². The molecule has 4 nitrogen and oxygen atoms in total. The summed E-state index contributed by atoms with van der Waals surface area (Å²) in [6, 6.07) is 0. The minimum absolute atomic E-state index is 0.610. The lowest BCUT2D eigenvalue weighted by Crippen LogP contribution is -2.30. The van der Waals surface area contributed by atoms with Gasteiger partial charge in [-0.2, -0.15) is 0 Å². The molecule has 1 aromatic rings. The molecule has 0 amide bonds. The van der Waals surface area contributed by atoms with Gasteiger partial charge in [0.15, 0.2) is 0 Å². The molecule has 2 fully saturated rings. The van der Waals surface area contributed by atoms with Gasteiger partial charge in [-0.05, 0) is 38.6 Å². The summed E-state index contributed by atoms with van der Waals surface area (Å²) >= 11 is 0. The summed E-state index contributed by atoms with van der Waals surface area (Å²) < 4.78 is 5.42. The molecule has 18 heavy (non-hydrogen) atoms. The van der Waals surface area contributed by atoms with Crippen LogP contribution in [0, 0.1) is 12.8 Å². The van der Waals surface area contributed by atoms with Gasteiger partial charge in [0.2, 0.25) is 0 Å². The standard InChI is InChI=1S/C14H23N3O/c1-11-8-15-14(16-11)13-2-5-17(10-13)9-12-3-6-18-7-4-12/h8,12-13H,2-7,9-10H2,1H3,(H,15,16). The van der Waals surface area contributed by atoms with Crippen molar-refractivity contribution in [2.75, 3.05) is 32.8 Å². The van der Waals surface area contributed by atoms with Crippen molar-refractivity contribution in [3.05, 3.63) is 17.7 Å². The third kappa shape index (κ3) is 2.75. The molecule has 1 atom stereocenters. The van der Waals surface area contributed by atoms with Crippen LogP contribution in [0.4, 0.5) is 0 Å². The summed E-state index contributed by atoms with van der Waals surface area (Å²) in [4.78, 5) is 10.5. The van der Waals surface area contributed by atoms with E-state index >= 15 is 0 Å². The Balaban J connectivity index is 1.51. The summed E-state index contributed by atoms with van der Waals surface area (Å²) in [6.45, 7) is 7.63. The SMILES string of the molecule is Cc1cnc(C2CCN(CC3CCOCC3)C2)[nH]1. The predicted octanol–water partition coefficient (Wildman–Crippen LogP) is 1.93. The zero-order chi connectivity index (χ0) is 12.4. The Morgan fingerprint density at radius 3 is 2.94 bits per heavy atom. The number of hydrogen-bond acceptors (Lipinski definition) is 3. The van der Waals surface area contributed by atoms with Crippen LogP contribution in [-0.4, -0.2) is 47.7 Å². The van der Waals surface area contributed by atoms with Gasteiger partial charge >= 0.3 is 0 Å². The van der Waals surface area contributed by atoms with Crippen LogP contribution < -0.4 is 0 Å². The van der Waals surface area contributed by atoms with Crippen LogP contribution in [0.2, 0.25) is 0 Å². The number of likely N-dealkylation sites (tertiary alicyclic amines) is 1. The number of nitrogens with one attached hydrogen (secondary N) is 1. The maximum atomic E-state index is 5.42. The highest BCUT2D eigenvalue weighted by Gasteiger charge is 2.27. The van der Waals surface area contributed by atoms with Gasteiger partial charge < -0.3 is 14.6 Å². The lowest BCUT2D eigenvalue weighted by molar-refractivity contribution is 0.0553. The third-order valence-corrected chi connectivity index (χ3v) is 4.24. The van der Waals surface area contributed by atoms with Crippen molar-refractivity contribution < 1.29 is 4.74 Å². The van der Waals surface area contributed by atoms with E-state index in [2.05, 4.69) is 21.8 Å². The molecule has 4 heteroatoms. The third-order valence-electron chi connectivity index (χ3n) is 4.24. The number of ether oxygens (including phenoxy) is 1. The normalized spacial score (nSPS) is 26.8. The molecular formula is C14H23N3O. The number of rotatable bonds is 3.